The standard InChI is InChI=1S/C15H13N3O4/c1-22-12-5-10-9(4-8(12)6-16)7-18(15(10)21)11-2-3-13(19)17-14(11)20/h4-5,11H,2-3,7H2,1H3,(H,17,19,20). The zero-order valence-corrected chi connectivity index (χ0v) is 11.9. The molecule has 7 heteroatoms. The molecule has 0 aliphatic carbocycles. The maximum atomic E-state index is 12.5. The number of piperidine rings is 1. The molecule has 2 aliphatic heterocycles. The van der Waals surface area contributed by atoms with E-state index in [-0.39, 0.29) is 24.8 Å². The van der Waals surface area contributed by atoms with E-state index >= 15 is 0 Å². The van der Waals surface area contributed by atoms with Crippen LogP contribution in [0, 0.1) is 11.3 Å². The smallest absolute Gasteiger partial charge is 0.255 e. The molecule has 3 rings (SSSR count). The number of hydrogen-bond donors (Lipinski definition) is 1. The molecule has 1 aromatic carbocycles. The van der Waals surface area contributed by atoms with Gasteiger partial charge in [-0.25, -0.2) is 0 Å². The second-order valence-corrected chi connectivity index (χ2v) is 5.22. The van der Waals surface area contributed by atoms with Gasteiger partial charge in [-0.15, -0.1) is 0 Å². The van der Waals surface area contributed by atoms with Crippen molar-refractivity contribution >= 4 is 17.7 Å². The van der Waals surface area contributed by atoms with Gasteiger partial charge in [-0.3, -0.25) is 19.7 Å². The third-order valence-corrected chi connectivity index (χ3v) is 3.96. The van der Waals surface area contributed by atoms with Crippen molar-refractivity contribution in [1.29, 1.82) is 5.26 Å². The summed E-state index contributed by atoms with van der Waals surface area (Å²) in [5, 5.41) is 11.4. The normalized spacial score (nSPS) is 20.5. The van der Waals surface area contributed by atoms with E-state index in [4.69, 9.17) is 10.00 Å². The van der Waals surface area contributed by atoms with E-state index in [0.29, 0.717) is 28.9 Å². The third kappa shape index (κ3) is 2.09. The van der Waals surface area contributed by atoms with Crippen LogP contribution in [-0.2, 0) is 16.1 Å². The molecular weight excluding hydrogens is 286 g/mol. The zero-order chi connectivity index (χ0) is 15.9. The fourth-order valence-corrected chi connectivity index (χ4v) is 2.85. The Bertz CT molecular complexity index is 735. The number of methoxy groups -OCH3 is 1. The second kappa shape index (κ2) is 5.15. The predicted molar refractivity (Wildman–Crippen MR) is 73.8 cm³/mol. The van der Waals surface area contributed by atoms with E-state index in [0.717, 1.165) is 0 Å². The minimum Gasteiger partial charge on any atom is -0.495 e. The van der Waals surface area contributed by atoms with Crippen LogP contribution in [0.1, 0.15) is 34.3 Å². The lowest BCUT2D eigenvalue weighted by atomic mass is 10.0. The molecule has 0 radical (unpaired) electrons. The number of amides is 3. The molecule has 0 spiro atoms. The average molecular weight is 299 g/mol. The van der Waals surface area contributed by atoms with Crippen LogP contribution in [0.25, 0.3) is 0 Å². The first-order chi connectivity index (χ1) is 10.5. The van der Waals surface area contributed by atoms with Crippen molar-refractivity contribution in [3.8, 4) is 11.8 Å². The van der Waals surface area contributed by atoms with Crippen LogP contribution < -0.4 is 10.1 Å². The average Bonchev–Trinajstić information content (AvgIpc) is 2.82. The Labute approximate surface area is 126 Å². The number of carbonyl (C=O) groups excluding carboxylic acids is 3. The van der Waals surface area contributed by atoms with E-state index in [9.17, 15) is 14.4 Å². The van der Waals surface area contributed by atoms with Crippen LogP contribution in [0.3, 0.4) is 0 Å². The maximum absolute atomic E-state index is 12.5. The summed E-state index contributed by atoms with van der Waals surface area (Å²) in [5.41, 5.74) is 1.46. The summed E-state index contributed by atoms with van der Waals surface area (Å²) in [6, 6.07) is 4.50. The number of carbonyl (C=O) groups is 3. The van der Waals surface area contributed by atoms with Crippen LogP contribution in [0.4, 0.5) is 0 Å². The zero-order valence-electron chi connectivity index (χ0n) is 11.9. The molecule has 0 bridgehead atoms. The molecule has 2 aliphatic rings. The van der Waals surface area contributed by atoms with Crippen LogP contribution in [0.15, 0.2) is 12.1 Å². The molecule has 112 valence electrons. The molecule has 1 saturated heterocycles. The van der Waals surface area contributed by atoms with Gasteiger partial charge in [0.2, 0.25) is 11.8 Å². The Morgan fingerprint density at radius 1 is 1.36 bits per heavy atom. The van der Waals surface area contributed by atoms with Crippen molar-refractivity contribution in [2.24, 2.45) is 0 Å². The van der Waals surface area contributed by atoms with E-state index in [1.54, 1.807) is 6.07 Å². The Balaban J connectivity index is 1.93. The van der Waals surface area contributed by atoms with Crippen LogP contribution in [0.2, 0.25) is 0 Å². The first-order valence-corrected chi connectivity index (χ1v) is 6.81. The van der Waals surface area contributed by atoms with Gasteiger partial charge in [-0.2, -0.15) is 5.26 Å². The van der Waals surface area contributed by atoms with Gasteiger partial charge in [-0.1, -0.05) is 0 Å². The molecule has 3 amide bonds. The fourth-order valence-electron chi connectivity index (χ4n) is 2.85. The number of rotatable bonds is 2. The number of benzene rings is 1. The number of fused-ring (bicyclic) bond motifs is 1. The highest BCUT2D eigenvalue weighted by molar-refractivity contribution is 6.05. The summed E-state index contributed by atoms with van der Waals surface area (Å²) in [6.45, 7) is 0.249. The topological polar surface area (TPSA) is 99.5 Å². The van der Waals surface area contributed by atoms with E-state index in [2.05, 4.69) is 5.32 Å². The van der Waals surface area contributed by atoms with Crippen LogP contribution in [0.5, 0.6) is 5.75 Å². The Hall–Kier alpha value is -2.88. The lowest BCUT2D eigenvalue weighted by Crippen LogP contribution is -2.52. The molecule has 1 atom stereocenters. The van der Waals surface area contributed by atoms with Crippen molar-refractivity contribution in [3.63, 3.8) is 0 Å². The lowest BCUT2D eigenvalue weighted by molar-refractivity contribution is -0.136. The van der Waals surface area contributed by atoms with Crippen molar-refractivity contribution in [2.75, 3.05) is 7.11 Å². The quantitative estimate of drug-likeness (QED) is 0.793. The summed E-state index contributed by atoms with van der Waals surface area (Å²) >= 11 is 0. The van der Waals surface area contributed by atoms with Crippen molar-refractivity contribution in [1.82, 2.24) is 10.2 Å². The first-order valence-electron chi connectivity index (χ1n) is 6.81. The Kier molecular flexibility index (Phi) is 3.29. The highest BCUT2D eigenvalue weighted by atomic mass is 16.5. The van der Waals surface area contributed by atoms with E-state index < -0.39 is 11.9 Å². The van der Waals surface area contributed by atoms with Gasteiger partial charge in [0.05, 0.1) is 12.7 Å². The maximum Gasteiger partial charge on any atom is 0.255 e. The van der Waals surface area contributed by atoms with Gasteiger partial charge >= 0.3 is 0 Å². The molecule has 0 saturated carbocycles. The largest absolute Gasteiger partial charge is 0.495 e. The van der Waals surface area contributed by atoms with Gasteiger partial charge < -0.3 is 9.64 Å². The molecule has 7 nitrogen and oxygen atoms in total. The van der Waals surface area contributed by atoms with Crippen molar-refractivity contribution in [3.05, 3.63) is 28.8 Å². The molecule has 1 fully saturated rings. The van der Waals surface area contributed by atoms with Gasteiger partial charge in [-0.05, 0) is 24.1 Å². The fraction of sp³-hybridized carbons (Fsp3) is 0.333. The Morgan fingerprint density at radius 2 is 2.14 bits per heavy atom. The summed E-state index contributed by atoms with van der Waals surface area (Å²) in [4.78, 5) is 37.1. The van der Waals surface area contributed by atoms with Gasteiger partial charge in [0, 0.05) is 18.5 Å². The van der Waals surface area contributed by atoms with Crippen LogP contribution in [-0.4, -0.2) is 35.8 Å². The predicted octanol–water partition coefficient (Wildman–Crippen LogP) is 0.328. The van der Waals surface area contributed by atoms with Crippen LogP contribution >= 0.6 is 0 Å². The number of nitrogens with one attached hydrogen (secondary N) is 1. The second-order valence-electron chi connectivity index (χ2n) is 5.22. The van der Waals surface area contributed by atoms with E-state index in [1.807, 2.05) is 6.07 Å². The molecule has 2 heterocycles. The number of nitriles is 1. The van der Waals surface area contributed by atoms with Gasteiger partial charge in [0.1, 0.15) is 17.9 Å². The minimum atomic E-state index is -0.658. The monoisotopic (exact) mass is 299 g/mol. The van der Waals surface area contributed by atoms with Gasteiger partial charge in [0.25, 0.3) is 5.91 Å². The highest BCUT2D eigenvalue weighted by Crippen LogP contribution is 2.32. The molecule has 1 N–H and O–H groups in total. The first kappa shape index (κ1) is 14.1. The molecule has 22 heavy (non-hydrogen) atoms. The molecule has 0 aromatic heterocycles. The highest BCUT2D eigenvalue weighted by Gasteiger charge is 2.39. The third-order valence-electron chi connectivity index (χ3n) is 3.96. The van der Waals surface area contributed by atoms with Crippen molar-refractivity contribution in [2.45, 2.75) is 25.4 Å². The number of imide groups is 1. The summed E-state index contributed by atoms with van der Waals surface area (Å²) in [5.74, 6) is -0.726. The molecular formula is C15H13N3O4. The Morgan fingerprint density at radius 3 is 2.77 bits per heavy atom. The molecule has 1 aromatic rings. The summed E-state index contributed by atoms with van der Waals surface area (Å²) in [7, 11) is 1.43. The van der Waals surface area contributed by atoms with Crippen molar-refractivity contribution < 1.29 is 19.1 Å². The van der Waals surface area contributed by atoms with Gasteiger partial charge in [0.15, 0.2) is 0 Å². The SMILES string of the molecule is COc1cc2c(cc1C#N)CN(C1CCC(=O)NC1=O)C2=O. The molecule has 1 unspecified atom stereocenters. The van der Waals surface area contributed by atoms with E-state index in [1.165, 1.54) is 18.1 Å². The minimum absolute atomic E-state index is 0.212. The summed E-state index contributed by atoms with van der Waals surface area (Å²) in [6.07, 6.45) is 0.524. The summed E-state index contributed by atoms with van der Waals surface area (Å²) < 4.78 is 5.11. The number of hydrogen-bond acceptors (Lipinski definition) is 5. The number of nitrogens with zero attached hydrogens (tertiary/aromatic N) is 2. The lowest BCUT2D eigenvalue weighted by Gasteiger charge is -2.29. The number of ether oxygens (including phenoxy) is 1.